The molecule has 0 rings (SSSR count). The second-order valence-corrected chi connectivity index (χ2v) is 2.61. The fraction of sp³-hybridized carbons (Fsp3) is 0.875. The van der Waals surface area contributed by atoms with Crippen molar-refractivity contribution in [1.29, 1.82) is 0 Å². The van der Waals surface area contributed by atoms with E-state index in [2.05, 4.69) is 6.92 Å². The van der Waals surface area contributed by atoms with Crippen molar-refractivity contribution >= 4 is 6.08 Å². The van der Waals surface area contributed by atoms with Crippen LogP contribution in [-0.2, 0) is 4.79 Å². The SMILES string of the molecule is CCCCCCC[N+]([O-])=C=O. The molecular formula is C8H15NO2. The monoisotopic (exact) mass is 157 g/mol. The molecule has 0 aromatic rings. The van der Waals surface area contributed by atoms with Crippen LogP contribution in [-0.4, -0.2) is 17.4 Å². The van der Waals surface area contributed by atoms with E-state index in [1.54, 1.807) is 0 Å². The van der Waals surface area contributed by atoms with Crippen molar-refractivity contribution < 1.29 is 9.53 Å². The van der Waals surface area contributed by atoms with Gasteiger partial charge in [-0.1, -0.05) is 26.2 Å². The summed E-state index contributed by atoms with van der Waals surface area (Å²) in [5.41, 5.74) is 0. The molecule has 0 aliphatic rings. The number of carbonyl (C=O) groups excluding carboxylic acids is 1. The summed E-state index contributed by atoms with van der Waals surface area (Å²) in [7, 11) is 0. The van der Waals surface area contributed by atoms with Gasteiger partial charge < -0.3 is 5.21 Å². The summed E-state index contributed by atoms with van der Waals surface area (Å²) >= 11 is 0. The molecule has 0 heterocycles. The van der Waals surface area contributed by atoms with Crippen LogP contribution in [0.2, 0.25) is 0 Å². The van der Waals surface area contributed by atoms with Gasteiger partial charge in [-0.2, -0.15) is 4.79 Å². The Balaban J connectivity index is 3.08. The largest absolute Gasteiger partial charge is 0.613 e. The lowest BCUT2D eigenvalue weighted by atomic mass is 10.2. The highest BCUT2D eigenvalue weighted by Gasteiger charge is 1.93. The van der Waals surface area contributed by atoms with Gasteiger partial charge in [0.05, 0.1) is 0 Å². The second-order valence-electron chi connectivity index (χ2n) is 2.61. The van der Waals surface area contributed by atoms with Crippen molar-refractivity contribution in [2.24, 2.45) is 0 Å². The molecule has 11 heavy (non-hydrogen) atoms. The minimum atomic E-state index is 0.299. The third-order valence-corrected chi connectivity index (χ3v) is 1.57. The highest BCUT2D eigenvalue weighted by atomic mass is 16.5. The zero-order valence-corrected chi connectivity index (χ0v) is 7.01. The van der Waals surface area contributed by atoms with E-state index >= 15 is 0 Å². The lowest BCUT2D eigenvalue weighted by molar-refractivity contribution is -0.455. The topological polar surface area (TPSA) is 43.1 Å². The molecule has 0 unspecified atom stereocenters. The summed E-state index contributed by atoms with van der Waals surface area (Å²) in [5.74, 6) is 0. The fourth-order valence-corrected chi connectivity index (χ4v) is 0.905. The maximum absolute atomic E-state index is 10.3. The number of hydrogen-bond donors (Lipinski definition) is 0. The number of rotatable bonds is 6. The molecule has 64 valence electrons. The van der Waals surface area contributed by atoms with Gasteiger partial charge in [0.1, 0.15) is 0 Å². The van der Waals surface area contributed by atoms with E-state index < -0.39 is 0 Å². The van der Waals surface area contributed by atoms with Crippen molar-refractivity contribution in [2.75, 3.05) is 6.54 Å². The standard InChI is InChI=1S/C8H15NO2/c1-2-3-4-5-6-7-9(11)8-10/h2-7H2,1H3. The molecule has 3 heteroatoms. The molecule has 0 radical (unpaired) electrons. The number of hydroxylamine groups is 1. The molecule has 0 aliphatic heterocycles. The maximum Gasteiger partial charge on any atom is 0.437 e. The van der Waals surface area contributed by atoms with Gasteiger partial charge in [-0.05, 0) is 6.42 Å². The first-order chi connectivity index (χ1) is 5.31. The summed E-state index contributed by atoms with van der Waals surface area (Å²) in [6, 6.07) is 0. The van der Waals surface area contributed by atoms with Crippen molar-refractivity contribution in [3.05, 3.63) is 5.21 Å². The van der Waals surface area contributed by atoms with Crippen molar-refractivity contribution in [3.63, 3.8) is 0 Å². The van der Waals surface area contributed by atoms with Gasteiger partial charge >= 0.3 is 6.08 Å². The molecule has 0 N–H and O–H groups in total. The third kappa shape index (κ3) is 7.07. The third-order valence-electron chi connectivity index (χ3n) is 1.57. The molecule has 0 aromatic carbocycles. The van der Waals surface area contributed by atoms with Crippen LogP contribution in [0.25, 0.3) is 0 Å². The summed E-state index contributed by atoms with van der Waals surface area (Å²) in [4.78, 5) is 9.71. The Labute approximate surface area is 67.3 Å². The van der Waals surface area contributed by atoms with Crippen LogP contribution in [0.1, 0.15) is 39.0 Å². The first kappa shape index (κ1) is 10.2. The Morgan fingerprint density at radius 2 is 1.91 bits per heavy atom. The van der Waals surface area contributed by atoms with Crippen LogP contribution in [0.15, 0.2) is 0 Å². The van der Waals surface area contributed by atoms with Gasteiger partial charge in [0, 0.05) is 6.42 Å². The Morgan fingerprint density at radius 3 is 2.45 bits per heavy atom. The molecule has 0 fully saturated rings. The van der Waals surface area contributed by atoms with Crippen LogP contribution >= 0.6 is 0 Å². The molecule has 0 saturated heterocycles. The smallest absolute Gasteiger partial charge is 0.437 e. The average Bonchev–Trinajstić information content (AvgIpc) is 2.04. The normalized spacial score (nSPS) is 9.18. The average molecular weight is 157 g/mol. The van der Waals surface area contributed by atoms with Crippen molar-refractivity contribution in [2.45, 2.75) is 39.0 Å². The van der Waals surface area contributed by atoms with Crippen molar-refractivity contribution in [1.82, 2.24) is 0 Å². The van der Waals surface area contributed by atoms with E-state index in [4.69, 9.17) is 0 Å². The van der Waals surface area contributed by atoms with E-state index in [-0.39, 0.29) is 0 Å². The molecule has 0 atom stereocenters. The highest BCUT2D eigenvalue weighted by molar-refractivity contribution is 5.24. The predicted molar refractivity (Wildman–Crippen MR) is 42.9 cm³/mol. The highest BCUT2D eigenvalue weighted by Crippen LogP contribution is 2.01. The van der Waals surface area contributed by atoms with Crippen LogP contribution in [0, 0.1) is 5.21 Å². The predicted octanol–water partition coefficient (Wildman–Crippen LogP) is 1.80. The van der Waals surface area contributed by atoms with Gasteiger partial charge in [-0.3, -0.25) is 0 Å². The summed E-state index contributed by atoms with van der Waals surface area (Å²) in [5, 5.41) is 10.3. The lowest BCUT2D eigenvalue weighted by Gasteiger charge is -1.97. The van der Waals surface area contributed by atoms with Crippen LogP contribution in [0.5, 0.6) is 0 Å². The molecule has 0 bridgehead atoms. The number of unbranched alkanes of at least 4 members (excludes halogenated alkanes) is 4. The van der Waals surface area contributed by atoms with Gasteiger partial charge in [0.15, 0.2) is 6.54 Å². The molecule has 0 aromatic heterocycles. The van der Waals surface area contributed by atoms with Crippen LogP contribution < -0.4 is 0 Å². The first-order valence-electron chi connectivity index (χ1n) is 4.13. The van der Waals surface area contributed by atoms with Gasteiger partial charge in [0.25, 0.3) is 0 Å². The number of nitrogens with zero attached hydrogens (tertiary/aromatic N) is 1. The first-order valence-corrected chi connectivity index (χ1v) is 4.13. The van der Waals surface area contributed by atoms with E-state index in [0.717, 1.165) is 19.3 Å². The van der Waals surface area contributed by atoms with Crippen molar-refractivity contribution in [3.8, 4) is 0 Å². The lowest BCUT2D eigenvalue weighted by Crippen LogP contribution is -2.02. The molecule has 0 saturated carbocycles. The fourth-order valence-electron chi connectivity index (χ4n) is 0.905. The number of isocyanates is 1. The van der Waals surface area contributed by atoms with Gasteiger partial charge in [-0.25, -0.2) is 0 Å². The maximum atomic E-state index is 10.3. The quantitative estimate of drug-likeness (QED) is 0.147. The Morgan fingerprint density at radius 1 is 1.27 bits per heavy atom. The second kappa shape index (κ2) is 7.29. The minimum Gasteiger partial charge on any atom is -0.613 e. The Bertz CT molecular complexity index is 139. The Kier molecular flexibility index (Phi) is 6.75. The zero-order valence-electron chi connectivity index (χ0n) is 7.01. The molecule has 0 spiro atoms. The van der Waals surface area contributed by atoms with E-state index in [0.29, 0.717) is 11.3 Å². The number of hydrogen-bond acceptors (Lipinski definition) is 2. The summed E-state index contributed by atoms with van der Waals surface area (Å²) in [6.45, 7) is 2.44. The molecule has 0 aliphatic carbocycles. The molecular weight excluding hydrogens is 142 g/mol. The molecule has 0 amide bonds. The Hall–Kier alpha value is -0.820. The van der Waals surface area contributed by atoms with E-state index in [9.17, 15) is 10.0 Å². The summed E-state index contributed by atoms with van der Waals surface area (Å²) in [6.07, 6.45) is 6.69. The summed E-state index contributed by atoms with van der Waals surface area (Å²) < 4.78 is 0.325. The minimum absolute atomic E-state index is 0.299. The van der Waals surface area contributed by atoms with Crippen LogP contribution in [0.3, 0.4) is 0 Å². The zero-order chi connectivity index (χ0) is 8.53. The van der Waals surface area contributed by atoms with Gasteiger partial charge in [0.2, 0.25) is 0 Å². The van der Waals surface area contributed by atoms with Crippen LogP contribution in [0.4, 0.5) is 0 Å². The van der Waals surface area contributed by atoms with Gasteiger partial charge in [-0.15, -0.1) is 4.74 Å². The molecule has 3 nitrogen and oxygen atoms in total. The van der Waals surface area contributed by atoms with E-state index in [1.165, 1.54) is 18.9 Å². The van der Waals surface area contributed by atoms with E-state index in [1.807, 2.05) is 0 Å².